The summed E-state index contributed by atoms with van der Waals surface area (Å²) >= 11 is 0. The molecule has 0 bridgehead atoms. The van der Waals surface area contributed by atoms with Crippen molar-refractivity contribution >= 4 is 0 Å². The Kier molecular flexibility index (Phi) is 3.22. The lowest BCUT2D eigenvalue weighted by atomic mass is 10.7. The molecule has 0 spiro atoms. The summed E-state index contributed by atoms with van der Waals surface area (Å²) in [6, 6.07) is 0. The Bertz CT molecular complexity index is 52.1. The van der Waals surface area contributed by atoms with Crippen LogP contribution in [0.1, 0.15) is 6.92 Å². The fraction of sp³-hybridized carbons (Fsp3) is 1.00. The second kappa shape index (κ2) is 3.55. The van der Waals surface area contributed by atoms with Crippen LogP contribution in [-0.4, -0.2) is 23.4 Å². The second-order valence-electron chi connectivity index (χ2n) is 1.06. The van der Waals surface area contributed by atoms with Crippen molar-refractivity contribution in [1.29, 1.82) is 5.53 Å². The Labute approximate surface area is 42.2 Å². The first-order valence-electron chi connectivity index (χ1n) is 2.08. The molecule has 4 heteroatoms. The van der Waals surface area contributed by atoms with E-state index < -0.39 is 0 Å². The number of nitrogens with zero attached hydrogens (tertiary/aromatic N) is 2. The standard InChI is InChI=1S/C3H9N3O/c1-2-6(3-7)5-4/h4,7H,2-3H2,1H3. The zero-order valence-electron chi connectivity index (χ0n) is 4.26. The highest BCUT2D eigenvalue weighted by Crippen LogP contribution is 1.81. The number of nitrogens with one attached hydrogen (secondary N) is 1. The van der Waals surface area contributed by atoms with E-state index in [4.69, 9.17) is 10.6 Å². The highest BCUT2D eigenvalue weighted by atomic mass is 16.3. The average Bonchev–Trinajstić information content (AvgIpc) is 1.72. The van der Waals surface area contributed by atoms with Crippen molar-refractivity contribution in [2.75, 3.05) is 13.3 Å². The zero-order chi connectivity index (χ0) is 5.70. The van der Waals surface area contributed by atoms with Gasteiger partial charge >= 0.3 is 0 Å². The lowest BCUT2D eigenvalue weighted by Crippen LogP contribution is -2.15. The topological polar surface area (TPSA) is 59.7 Å². The largest absolute Gasteiger partial charge is 0.375 e. The minimum absolute atomic E-state index is 0.167. The van der Waals surface area contributed by atoms with Crippen molar-refractivity contribution in [3.8, 4) is 0 Å². The van der Waals surface area contributed by atoms with Crippen LogP contribution >= 0.6 is 0 Å². The summed E-state index contributed by atoms with van der Waals surface area (Å²) in [7, 11) is 0. The van der Waals surface area contributed by atoms with Crippen LogP contribution in [0.15, 0.2) is 5.22 Å². The van der Waals surface area contributed by atoms with Gasteiger partial charge < -0.3 is 5.11 Å². The lowest BCUT2D eigenvalue weighted by molar-refractivity contribution is 0.104. The molecule has 0 aromatic rings. The molecule has 7 heavy (non-hydrogen) atoms. The molecular weight excluding hydrogens is 94.1 g/mol. The summed E-state index contributed by atoms with van der Waals surface area (Å²) < 4.78 is 0. The minimum Gasteiger partial charge on any atom is -0.375 e. The average molecular weight is 103 g/mol. The molecule has 0 aliphatic carbocycles. The minimum atomic E-state index is -0.167. The van der Waals surface area contributed by atoms with E-state index in [2.05, 4.69) is 5.22 Å². The molecule has 0 aromatic heterocycles. The number of aliphatic hydroxyl groups excluding tert-OH is 1. The third kappa shape index (κ3) is 2.11. The summed E-state index contributed by atoms with van der Waals surface area (Å²) in [6.07, 6.45) is 0. The maximum Gasteiger partial charge on any atom is 0.133 e. The maximum atomic E-state index is 8.24. The predicted molar refractivity (Wildman–Crippen MR) is 24.6 cm³/mol. The SMILES string of the molecule is CCN(CO)N=N. The van der Waals surface area contributed by atoms with E-state index in [-0.39, 0.29) is 6.73 Å². The molecule has 0 aromatic carbocycles. The van der Waals surface area contributed by atoms with Crippen LogP contribution < -0.4 is 0 Å². The molecule has 0 saturated carbocycles. The van der Waals surface area contributed by atoms with Crippen LogP contribution in [0.4, 0.5) is 0 Å². The molecule has 0 aliphatic heterocycles. The van der Waals surface area contributed by atoms with Gasteiger partial charge in [0.2, 0.25) is 0 Å². The van der Waals surface area contributed by atoms with Crippen molar-refractivity contribution in [1.82, 2.24) is 5.01 Å². The lowest BCUT2D eigenvalue weighted by Gasteiger charge is -2.07. The first kappa shape index (κ1) is 6.36. The Hall–Kier alpha value is -0.640. The smallest absolute Gasteiger partial charge is 0.133 e. The Morgan fingerprint density at radius 2 is 2.43 bits per heavy atom. The molecule has 0 rings (SSSR count). The van der Waals surface area contributed by atoms with E-state index >= 15 is 0 Å². The predicted octanol–water partition coefficient (Wildman–Crippen LogP) is 0.204. The van der Waals surface area contributed by atoms with Crippen LogP contribution in [0.5, 0.6) is 0 Å². The van der Waals surface area contributed by atoms with E-state index in [1.54, 1.807) is 0 Å². The first-order chi connectivity index (χ1) is 3.35. The fourth-order valence-electron chi connectivity index (χ4n) is 0.202. The van der Waals surface area contributed by atoms with Gasteiger partial charge in [-0.15, -0.1) is 0 Å². The van der Waals surface area contributed by atoms with Crippen molar-refractivity contribution in [3.63, 3.8) is 0 Å². The first-order valence-corrected chi connectivity index (χ1v) is 2.08. The molecule has 0 aliphatic rings. The van der Waals surface area contributed by atoms with Gasteiger partial charge in [-0.05, 0) is 6.92 Å². The van der Waals surface area contributed by atoms with Crippen LogP contribution in [0.3, 0.4) is 0 Å². The van der Waals surface area contributed by atoms with Gasteiger partial charge in [-0.1, -0.05) is 5.22 Å². The molecule has 0 saturated heterocycles. The van der Waals surface area contributed by atoms with Crippen LogP contribution in [0.25, 0.3) is 0 Å². The van der Waals surface area contributed by atoms with Gasteiger partial charge in [0, 0.05) is 6.54 Å². The van der Waals surface area contributed by atoms with Crippen LogP contribution in [0.2, 0.25) is 0 Å². The Morgan fingerprint density at radius 1 is 1.86 bits per heavy atom. The van der Waals surface area contributed by atoms with E-state index in [1.165, 1.54) is 5.01 Å². The molecule has 0 unspecified atom stereocenters. The Morgan fingerprint density at radius 3 is 2.43 bits per heavy atom. The third-order valence-electron chi connectivity index (χ3n) is 0.670. The summed E-state index contributed by atoms with van der Waals surface area (Å²) in [6.45, 7) is 2.23. The van der Waals surface area contributed by atoms with Gasteiger partial charge in [-0.25, -0.2) is 0 Å². The molecule has 42 valence electrons. The second-order valence-corrected chi connectivity index (χ2v) is 1.06. The highest BCUT2D eigenvalue weighted by Gasteiger charge is 1.87. The summed E-state index contributed by atoms with van der Waals surface area (Å²) in [5.74, 6) is 0. The van der Waals surface area contributed by atoms with Gasteiger partial charge in [-0.3, -0.25) is 5.01 Å². The van der Waals surface area contributed by atoms with Crippen LogP contribution in [0, 0.1) is 5.53 Å². The fourth-order valence-corrected chi connectivity index (χ4v) is 0.202. The number of rotatable bonds is 3. The Balaban J connectivity index is 3.16. The maximum absolute atomic E-state index is 8.24. The van der Waals surface area contributed by atoms with Crippen molar-refractivity contribution in [3.05, 3.63) is 0 Å². The number of aliphatic hydroxyl groups is 1. The van der Waals surface area contributed by atoms with Gasteiger partial charge in [0.05, 0.1) is 0 Å². The van der Waals surface area contributed by atoms with Gasteiger partial charge in [0.15, 0.2) is 0 Å². The van der Waals surface area contributed by atoms with Crippen LogP contribution in [-0.2, 0) is 0 Å². The van der Waals surface area contributed by atoms with E-state index in [0.717, 1.165) is 0 Å². The molecule has 0 amide bonds. The molecule has 0 heterocycles. The van der Waals surface area contributed by atoms with Crippen molar-refractivity contribution in [2.24, 2.45) is 5.22 Å². The zero-order valence-corrected chi connectivity index (χ0v) is 4.26. The van der Waals surface area contributed by atoms with Gasteiger partial charge in [0.25, 0.3) is 0 Å². The molecule has 0 radical (unpaired) electrons. The highest BCUT2D eigenvalue weighted by molar-refractivity contribution is 4.29. The van der Waals surface area contributed by atoms with Crippen molar-refractivity contribution in [2.45, 2.75) is 6.92 Å². The summed E-state index contributed by atoms with van der Waals surface area (Å²) in [5, 5.41) is 12.4. The number of hydrogen-bond acceptors (Lipinski definition) is 3. The normalized spacial score (nSPS) is 8.29. The summed E-state index contributed by atoms with van der Waals surface area (Å²) in [5.41, 5.74) is 6.35. The molecular formula is C3H9N3O. The van der Waals surface area contributed by atoms with Gasteiger partial charge in [-0.2, -0.15) is 5.53 Å². The quantitative estimate of drug-likeness (QED) is 0.304. The number of hydrogen-bond donors (Lipinski definition) is 2. The van der Waals surface area contributed by atoms with Crippen molar-refractivity contribution < 1.29 is 5.11 Å². The molecule has 2 N–H and O–H groups in total. The molecule has 0 atom stereocenters. The monoisotopic (exact) mass is 103 g/mol. The third-order valence-corrected chi connectivity index (χ3v) is 0.670. The molecule has 4 nitrogen and oxygen atoms in total. The van der Waals surface area contributed by atoms with E-state index in [1.807, 2.05) is 6.92 Å². The summed E-state index contributed by atoms with van der Waals surface area (Å²) in [4.78, 5) is 0. The van der Waals surface area contributed by atoms with E-state index in [0.29, 0.717) is 6.54 Å². The molecule has 0 fully saturated rings. The van der Waals surface area contributed by atoms with E-state index in [9.17, 15) is 0 Å². The van der Waals surface area contributed by atoms with Gasteiger partial charge in [0.1, 0.15) is 6.73 Å².